The van der Waals surface area contributed by atoms with Crippen molar-refractivity contribution in [2.45, 2.75) is 32.4 Å². The average Bonchev–Trinajstić information content (AvgIpc) is 2.92. The van der Waals surface area contributed by atoms with Gasteiger partial charge in [-0.1, -0.05) is 17.7 Å². The average molecular weight is 320 g/mol. The molecule has 1 aliphatic rings. The van der Waals surface area contributed by atoms with E-state index in [1.807, 2.05) is 43.6 Å². The van der Waals surface area contributed by atoms with Crippen LogP contribution in [0.2, 0.25) is 5.02 Å². The molecule has 0 amide bonds. The highest BCUT2D eigenvalue weighted by molar-refractivity contribution is 6.30. The van der Waals surface area contributed by atoms with Crippen molar-refractivity contribution in [1.29, 1.82) is 0 Å². The van der Waals surface area contributed by atoms with Gasteiger partial charge in [0.25, 0.3) is 0 Å². The molecule has 2 heterocycles. The molecule has 22 heavy (non-hydrogen) atoms. The molecular formula is C17H22ClN3O. The molecule has 0 aliphatic carbocycles. The second-order valence-corrected chi connectivity index (χ2v) is 6.22. The summed E-state index contributed by atoms with van der Waals surface area (Å²) in [5.41, 5.74) is 0. The van der Waals surface area contributed by atoms with Gasteiger partial charge in [0.2, 0.25) is 0 Å². The van der Waals surface area contributed by atoms with Gasteiger partial charge in [-0.2, -0.15) is 0 Å². The van der Waals surface area contributed by atoms with Crippen molar-refractivity contribution in [3.63, 3.8) is 0 Å². The molecule has 0 radical (unpaired) electrons. The zero-order valence-corrected chi connectivity index (χ0v) is 13.7. The first-order valence-electron chi connectivity index (χ1n) is 7.83. The molecule has 118 valence electrons. The SMILES string of the molecule is Cc1nccn1CCN1CCC(Oc2cccc(Cl)c2)CC1. The predicted octanol–water partition coefficient (Wildman–Crippen LogP) is 3.39. The molecule has 1 aromatic heterocycles. The maximum absolute atomic E-state index is 6.03. The molecular weight excluding hydrogens is 298 g/mol. The number of imidazole rings is 1. The molecule has 0 unspecified atom stereocenters. The van der Waals surface area contributed by atoms with Crippen LogP contribution in [0.25, 0.3) is 0 Å². The summed E-state index contributed by atoms with van der Waals surface area (Å²) in [4.78, 5) is 6.76. The maximum Gasteiger partial charge on any atom is 0.121 e. The molecule has 0 bridgehead atoms. The van der Waals surface area contributed by atoms with Crippen LogP contribution in [0.4, 0.5) is 0 Å². The number of halogens is 1. The van der Waals surface area contributed by atoms with Gasteiger partial charge in [-0.3, -0.25) is 0 Å². The smallest absolute Gasteiger partial charge is 0.121 e. The van der Waals surface area contributed by atoms with E-state index in [2.05, 4.69) is 14.5 Å². The topological polar surface area (TPSA) is 30.3 Å². The molecule has 5 heteroatoms. The van der Waals surface area contributed by atoms with Gasteiger partial charge in [0, 0.05) is 43.6 Å². The Kier molecular flexibility index (Phi) is 5.01. The summed E-state index contributed by atoms with van der Waals surface area (Å²) in [5, 5.41) is 0.727. The van der Waals surface area contributed by atoms with Gasteiger partial charge in [-0.15, -0.1) is 0 Å². The van der Waals surface area contributed by atoms with Gasteiger partial charge >= 0.3 is 0 Å². The van der Waals surface area contributed by atoms with Crippen LogP contribution in [0.3, 0.4) is 0 Å². The third-order valence-electron chi connectivity index (χ3n) is 4.21. The zero-order chi connectivity index (χ0) is 15.4. The number of likely N-dealkylation sites (tertiary alicyclic amines) is 1. The molecule has 1 saturated heterocycles. The fraction of sp³-hybridized carbons (Fsp3) is 0.471. The minimum Gasteiger partial charge on any atom is -0.490 e. The van der Waals surface area contributed by atoms with Crippen molar-refractivity contribution in [3.8, 4) is 5.75 Å². The Balaban J connectivity index is 1.43. The summed E-state index contributed by atoms with van der Waals surface area (Å²) < 4.78 is 8.23. The van der Waals surface area contributed by atoms with Crippen LogP contribution in [0.1, 0.15) is 18.7 Å². The van der Waals surface area contributed by atoms with Crippen LogP contribution in [-0.2, 0) is 6.54 Å². The minimum atomic E-state index is 0.296. The lowest BCUT2D eigenvalue weighted by molar-refractivity contribution is 0.0985. The summed E-state index contributed by atoms with van der Waals surface area (Å²) in [6.45, 7) is 6.29. The zero-order valence-electron chi connectivity index (χ0n) is 12.9. The molecule has 1 aromatic carbocycles. The third kappa shape index (κ3) is 4.02. The molecule has 0 saturated carbocycles. The fourth-order valence-electron chi connectivity index (χ4n) is 2.87. The predicted molar refractivity (Wildman–Crippen MR) is 88.5 cm³/mol. The maximum atomic E-state index is 6.03. The number of aromatic nitrogens is 2. The lowest BCUT2D eigenvalue weighted by Crippen LogP contribution is -2.39. The van der Waals surface area contributed by atoms with Crippen LogP contribution in [0.15, 0.2) is 36.7 Å². The Morgan fingerprint density at radius 1 is 1.27 bits per heavy atom. The summed E-state index contributed by atoms with van der Waals surface area (Å²) in [7, 11) is 0. The van der Waals surface area contributed by atoms with Crippen LogP contribution in [-0.4, -0.2) is 40.2 Å². The highest BCUT2D eigenvalue weighted by Gasteiger charge is 2.20. The van der Waals surface area contributed by atoms with Crippen LogP contribution < -0.4 is 4.74 Å². The Hall–Kier alpha value is -1.52. The highest BCUT2D eigenvalue weighted by atomic mass is 35.5. The van der Waals surface area contributed by atoms with Gasteiger partial charge in [0.1, 0.15) is 17.7 Å². The number of aryl methyl sites for hydroxylation is 1. The van der Waals surface area contributed by atoms with E-state index in [-0.39, 0.29) is 0 Å². The normalized spacial score (nSPS) is 16.8. The number of piperidine rings is 1. The Morgan fingerprint density at radius 2 is 2.09 bits per heavy atom. The van der Waals surface area contributed by atoms with Crippen LogP contribution in [0.5, 0.6) is 5.75 Å². The molecule has 4 nitrogen and oxygen atoms in total. The van der Waals surface area contributed by atoms with E-state index >= 15 is 0 Å². The summed E-state index contributed by atoms with van der Waals surface area (Å²) in [6.07, 6.45) is 6.33. The summed E-state index contributed by atoms with van der Waals surface area (Å²) >= 11 is 5.99. The Morgan fingerprint density at radius 3 is 2.77 bits per heavy atom. The molecule has 1 fully saturated rings. The number of hydrogen-bond donors (Lipinski definition) is 0. The number of nitrogens with zero attached hydrogens (tertiary/aromatic N) is 3. The van der Waals surface area contributed by atoms with Gasteiger partial charge in [-0.25, -0.2) is 4.98 Å². The largest absolute Gasteiger partial charge is 0.490 e. The van der Waals surface area contributed by atoms with E-state index in [4.69, 9.17) is 16.3 Å². The first-order chi connectivity index (χ1) is 10.7. The van der Waals surface area contributed by atoms with Crippen molar-refractivity contribution in [2.75, 3.05) is 19.6 Å². The molecule has 1 aliphatic heterocycles. The van der Waals surface area contributed by atoms with E-state index in [1.165, 1.54) is 0 Å². The summed E-state index contributed by atoms with van der Waals surface area (Å²) in [6, 6.07) is 7.66. The second kappa shape index (κ2) is 7.16. The van der Waals surface area contributed by atoms with Crippen LogP contribution in [0, 0.1) is 6.92 Å². The number of hydrogen-bond acceptors (Lipinski definition) is 3. The van der Waals surface area contributed by atoms with E-state index in [9.17, 15) is 0 Å². The third-order valence-corrected chi connectivity index (χ3v) is 4.45. The summed E-state index contributed by atoms with van der Waals surface area (Å²) in [5.74, 6) is 1.96. The monoisotopic (exact) mass is 319 g/mol. The van der Waals surface area contributed by atoms with E-state index in [1.54, 1.807) is 0 Å². The fourth-order valence-corrected chi connectivity index (χ4v) is 3.05. The van der Waals surface area contributed by atoms with Gasteiger partial charge in [-0.05, 0) is 38.0 Å². The highest BCUT2D eigenvalue weighted by Crippen LogP contribution is 2.22. The van der Waals surface area contributed by atoms with E-state index < -0.39 is 0 Å². The lowest BCUT2D eigenvalue weighted by Gasteiger charge is -2.32. The first-order valence-corrected chi connectivity index (χ1v) is 8.21. The number of rotatable bonds is 5. The van der Waals surface area contributed by atoms with Crippen molar-refractivity contribution in [1.82, 2.24) is 14.5 Å². The molecule has 0 N–H and O–H groups in total. The molecule has 0 spiro atoms. The van der Waals surface area contributed by atoms with Gasteiger partial charge in [0.05, 0.1) is 0 Å². The Labute approximate surface area is 136 Å². The lowest BCUT2D eigenvalue weighted by atomic mass is 10.1. The second-order valence-electron chi connectivity index (χ2n) is 5.78. The van der Waals surface area contributed by atoms with Gasteiger partial charge < -0.3 is 14.2 Å². The van der Waals surface area contributed by atoms with E-state index in [0.29, 0.717) is 6.10 Å². The van der Waals surface area contributed by atoms with Crippen molar-refractivity contribution < 1.29 is 4.74 Å². The first kappa shape index (κ1) is 15.4. The van der Waals surface area contributed by atoms with Crippen molar-refractivity contribution in [2.24, 2.45) is 0 Å². The van der Waals surface area contributed by atoms with Crippen LogP contribution >= 0.6 is 11.6 Å². The Bertz CT molecular complexity index is 605. The standard InChI is InChI=1S/C17H22ClN3O/c1-14-19-7-10-21(14)12-11-20-8-5-16(6-9-20)22-17-4-2-3-15(18)13-17/h2-4,7,10,13,16H,5-6,8-9,11-12H2,1H3. The number of benzene rings is 1. The van der Waals surface area contributed by atoms with Crippen molar-refractivity contribution in [3.05, 3.63) is 47.5 Å². The van der Waals surface area contributed by atoms with Gasteiger partial charge in [0.15, 0.2) is 0 Å². The molecule has 0 atom stereocenters. The molecule has 3 rings (SSSR count). The quantitative estimate of drug-likeness (QED) is 0.846. The molecule has 2 aromatic rings. The number of ether oxygens (including phenoxy) is 1. The van der Waals surface area contributed by atoms with E-state index in [0.717, 1.165) is 55.6 Å². The minimum absolute atomic E-state index is 0.296. The van der Waals surface area contributed by atoms with Crippen molar-refractivity contribution >= 4 is 11.6 Å².